The highest BCUT2D eigenvalue weighted by Gasteiger charge is 2.16. The Bertz CT molecular complexity index is 1120. The van der Waals surface area contributed by atoms with E-state index in [4.69, 9.17) is 9.52 Å². The summed E-state index contributed by atoms with van der Waals surface area (Å²) in [5, 5.41) is 16.4. The molecule has 5 nitrogen and oxygen atoms in total. The van der Waals surface area contributed by atoms with E-state index in [1.54, 1.807) is 10.8 Å². The smallest absolute Gasteiger partial charge is 0.235 e. The lowest BCUT2D eigenvalue weighted by Gasteiger charge is -2.02. The molecule has 0 aliphatic heterocycles. The van der Waals surface area contributed by atoms with Gasteiger partial charge in [0.15, 0.2) is 5.76 Å². The van der Waals surface area contributed by atoms with E-state index in [0.717, 1.165) is 15.5 Å². The van der Waals surface area contributed by atoms with Gasteiger partial charge in [0.1, 0.15) is 5.01 Å². The number of fused-ring (bicyclic) bond motifs is 2. The van der Waals surface area contributed by atoms with Crippen LogP contribution in [0.4, 0.5) is 0 Å². The van der Waals surface area contributed by atoms with Crippen molar-refractivity contribution in [2.75, 3.05) is 0 Å². The van der Waals surface area contributed by atoms with E-state index >= 15 is 0 Å². The molecule has 5 aromatic rings. The summed E-state index contributed by atoms with van der Waals surface area (Å²) in [6.45, 7) is 0. The molecule has 0 bridgehead atoms. The Morgan fingerprint density at radius 3 is 2.74 bits per heavy atom. The summed E-state index contributed by atoms with van der Waals surface area (Å²) >= 11 is 1.52. The standard InChI is InChI=1S/C17H10N4OS/c1-2-7-12-11(5-1)6-3-8-13(12)16-20-21-15(14-9-4-10-22-14)18-19-17(21)23-16/h1-10H. The lowest BCUT2D eigenvalue weighted by Crippen LogP contribution is -1.90. The highest BCUT2D eigenvalue weighted by atomic mass is 32.1. The van der Waals surface area contributed by atoms with E-state index in [2.05, 4.69) is 34.5 Å². The molecule has 3 aromatic heterocycles. The number of benzene rings is 2. The monoisotopic (exact) mass is 318 g/mol. The predicted octanol–water partition coefficient (Wildman–Crippen LogP) is 4.27. The van der Waals surface area contributed by atoms with Crippen molar-refractivity contribution in [1.82, 2.24) is 19.8 Å². The summed E-state index contributed by atoms with van der Waals surface area (Å²) in [5.41, 5.74) is 1.10. The van der Waals surface area contributed by atoms with Gasteiger partial charge in [-0.1, -0.05) is 53.8 Å². The van der Waals surface area contributed by atoms with Gasteiger partial charge in [0.25, 0.3) is 0 Å². The second-order valence-electron chi connectivity index (χ2n) is 5.13. The molecule has 0 spiro atoms. The molecule has 0 aliphatic carbocycles. The summed E-state index contributed by atoms with van der Waals surface area (Å²) in [7, 11) is 0. The van der Waals surface area contributed by atoms with Crippen LogP contribution >= 0.6 is 11.3 Å². The van der Waals surface area contributed by atoms with Crippen LogP contribution in [0.15, 0.2) is 65.3 Å². The molecule has 6 heteroatoms. The largest absolute Gasteiger partial charge is 0.461 e. The maximum Gasteiger partial charge on any atom is 0.235 e. The molecular formula is C17H10N4OS. The van der Waals surface area contributed by atoms with Crippen molar-refractivity contribution in [2.24, 2.45) is 0 Å². The minimum absolute atomic E-state index is 0.618. The van der Waals surface area contributed by atoms with Gasteiger partial charge in [-0.15, -0.1) is 10.2 Å². The van der Waals surface area contributed by atoms with Crippen LogP contribution < -0.4 is 0 Å². The molecule has 0 atom stereocenters. The van der Waals surface area contributed by atoms with Gasteiger partial charge >= 0.3 is 0 Å². The molecule has 0 saturated carbocycles. The van der Waals surface area contributed by atoms with Crippen molar-refractivity contribution in [3.05, 3.63) is 60.9 Å². The van der Waals surface area contributed by atoms with E-state index in [-0.39, 0.29) is 0 Å². The maximum atomic E-state index is 5.41. The first-order valence-corrected chi connectivity index (χ1v) is 7.96. The Kier molecular flexibility index (Phi) is 2.59. The predicted molar refractivity (Wildman–Crippen MR) is 89.3 cm³/mol. The third-order valence-electron chi connectivity index (χ3n) is 3.75. The minimum atomic E-state index is 0.618. The highest BCUT2D eigenvalue weighted by Crippen LogP contribution is 2.32. The van der Waals surface area contributed by atoms with Crippen LogP contribution in [0.3, 0.4) is 0 Å². The molecule has 0 fully saturated rings. The van der Waals surface area contributed by atoms with Gasteiger partial charge in [0.2, 0.25) is 10.8 Å². The zero-order chi connectivity index (χ0) is 15.2. The number of hydrogen-bond acceptors (Lipinski definition) is 5. The van der Waals surface area contributed by atoms with Crippen LogP contribution in [0.25, 0.3) is 37.9 Å². The lowest BCUT2D eigenvalue weighted by molar-refractivity contribution is 0.575. The van der Waals surface area contributed by atoms with Crippen molar-refractivity contribution in [3.8, 4) is 22.2 Å². The number of hydrogen-bond donors (Lipinski definition) is 0. The Labute approximate surface area is 134 Å². The first-order chi connectivity index (χ1) is 11.4. The molecule has 2 aromatic carbocycles. The topological polar surface area (TPSA) is 56.2 Å². The minimum Gasteiger partial charge on any atom is -0.461 e. The summed E-state index contributed by atoms with van der Waals surface area (Å²) in [6, 6.07) is 18.2. The number of nitrogens with zero attached hydrogens (tertiary/aromatic N) is 4. The van der Waals surface area contributed by atoms with Crippen molar-refractivity contribution in [2.45, 2.75) is 0 Å². The third kappa shape index (κ3) is 1.89. The van der Waals surface area contributed by atoms with E-state index in [1.807, 2.05) is 30.3 Å². The van der Waals surface area contributed by atoms with Gasteiger partial charge in [-0.05, 0) is 22.9 Å². The molecule has 0 saturated heterocycles. The molecule has 23 heavy (non-hydrogen) atoms. The van der Waals surface area contributed by atoms with Crippen LogP contribution in [0.5, 0.6) is 0 Å². The van der Waals surface area contributed by atoms with Crippen LogP contribution in [-0.4, -0.2) is 19.8 Å². The van der Waals surface area contributed by atoms with Gasteiger partial charge in [-0.2, -0.15) is 9.61 Å². The highest BCUT2D eigenvalue weighted by molar-refractivity contribution is 7.19. The molecule has 0 unspecified atom stereocenters. The van der Waals surface area contributed by atoms with Crippen LogP contribution in [-0.2, 0) is 0 Å². The molecule has 110 valence electrons. The van der Waals surface area contributed by atoms with Crippen LogP contribution in [0, 0.1) is 0 Å². The molecular weight excluding hydrogens is 308 g/mol. The number of rotatable bonds is 2. The molecule has 5 rings (SSSR count). The van der Waals surface area contributed by atoms with Gasteiger partial charge in [0, 0.05) is 5.56 Å². The normalized spacial score (nSPS) is 11.5. The zero-order valence-electron chi connectivity index (χ0n) is 11.9. The van der Waals surface area contributed by atoms with Crippen LogP contribution in [0.1, 0.15) is 0 Å². The Morgan fingerprint density at radius 2 is 1.83 bits per heavy atom. The van der Waals surface area contributed by atoms with E-state index in [1.165, 1.54) is 22.1 Å². The third-order valence-corrected chi connectivity index (χ3v) is 4.68. The lowest BCUT2D eigenvalue weighted by atomic mass is 10.1. The number of furan rings is 1. The Morgan fingerprint density at radius 1 is 0.913 bits per heavy atom. The number of aromatic nitrogens is 4. The SMILES string of the molecule is c1coc(-c2nnc3sc(-c4cccc5ccccc45)nn23)c1. The second-order valence-corrected chi connectivity index (χ2v) is 6.09. The fourth-order valence-corrected chi connectivity index (χ4v) is 3.58. The Hall–Kier alpha value is -2.99. The van der Waals surface area contributed by atoms with Gasteiger partial charge < -0.3 is 4.42 Å². The van der Waals surface area contributed by atoms with Crippen molar-refractivity contribution in [3.63, 3.8) is 0 Å². The first-order valence-electron chi connectivity index (χ1n) is 7.14. The van der Waals surface area contributed by atoms with Gasteiger partial charge in [0.05, 0.1) is 6.26 Å². The summed E-state index contributed by atoms with van der Waals surface area (Å²) in [5.74, 6) is 1.28. The Balaban J connectivity index is 1.74. The summed E-state index contributed by atoms with van der Waals surface area (Å²) in [6.07, 6.45) is 1.62. The average molecular weight is 318 g/mol. The molecule has 0 N–H and O–H groups in total. The maximum absolute atomic E-state index is 5.41. The molecule has 3 heterocycles. The van der Waals surface area contributed by atoms with Crippen molar-refractivity contribution >= 4 is 27.1 Å². The van der Waals surface area contributed by atoms with Gasteiger partial charge in [-0.25, -0.2) is 0 Å². The van der Waals surface area contributed by atoms with Crippen molar-refractivity contribution in [1.29, 1.82) is 0 Å². The fourth-order valence-electron chi connectivity index (χ4n) is 2.70. The van der Waals surface area contributed by atoms with Gasteiger partial charge in [-0.3, -0.25) is 0 Å². The van der Waals surface area contributed by atoms with Crippen LogP contribution in [0.2, 0.25) is 0 Å². The van der Waals surface area contributed by atoms with E-state index in [9.17, 15) is 0 Å². The molecule has 0 radical (unpaired) electrons. The zero-order valence-corrected chi connectivity index (χ0v) is 12.7. The summed E-state index contributed by atoms with van der Waals surface area (Å²) < 4.78 is 7.15. The fraction of sp³-hybridized carbons (Fsp3) is 0. The second kappa shape index (κ2) is 4.76. The van der Waals surface area contributed by atoms with E-state index < -0.39 is 0 Å². The molecule has 0 aliphatic rings. The van der Waals surface area contributed by atoms with E-state index in [0.29, 0.717) is 11.6 Å². The summed E-state index contributed by atoms with van der Waals surface area (Å²) in [4.78, 5) is 0.749. The quantitative estimate of drug-likeness (QED) is 0.488. The first kappa shape index (κ1) is 12.5. The van der Waals surface area contributed by atoms with Crippen molar-refractivity contribution < 1.29 is 4.42 Å². The molecule has 0 amide bonds. The average Bonchev–Trinajstić information content (AvgIpc) is 3.30.